The van der Waals surface area contributed by atoms with Gasteiger partial charge in [0.25, 0.3) is 0 Å². The van der Waals surface area contributed by atoms with Crippen LogP contribution in [0.25, 0.3) is 0 Å². The summed E-state index contributed by atoms with van der Waals surface area (Å²) in [5.41, 5.74) is 0. The minimum atomic E-state index is -4.86. The summed E-state index contributed by atoms with van der Waals surface area (Å²) in [6.07, 6.45) is -7.28. The Bertz CT molecular complexity index is 381. The standard InChI is InChI=1S/C9H17O10P/c10-4-1-2-6(19-9(4)14)8(13)7(12)5(11)3-18-20(15,16)17/h4,6-10,12-14H,1-3H2,(H2,15,16,17)/t4-,6-,7-,8-,9?/m1/s1. The summed E-state index contributed by atoms with van der Waals surface area (Å²) >= 11 is 0. The van der Waals surface area contributed by atoms with E-state index in [0.29, 0.717) is 0 Å². The summed E-state index contributed by atoms with van der Waals surface area (Å²) in [4.78, 5) is 28.2. The number of ether oxygens (including phenoxy) is 1. The Morgan fingerprint density at radius 2 is 1.90 bits per heavy atom. The summed E-state index contributed by atoms with van der Waals surface area (Å²) in [5, 5.41) is 37.7. The zero-order valence-corrected chi connectivity index (χ0v) is 11.2. The summed E-state index contributed by atoms with van der Waals surface area (Å²) in [7, 11) is -4.86. The Balaban J connectivity index is 2.51. The van der Waals surface area contributed by atoms with Gasteiger partial charge in [-0.2, -0.15) is 0 Å². The molecule has 0 aromatic carbocycles. The van der Waals surface area contributed by atoms with Crippen LogP contribution in [0, 0.1) is 0 Å². The van der Waals surface area contributed by atoms with Gasteiger partial charge in [-0.15, -0.1) is 0 Å². The molecule has 1 fully saturated rings. The minimum absolute atomic E-state index is 0.0864. The molecule has 6 N–H and O–H groups in total. The van der Waals surface area contributed by atoms with Gasteiger partial charge in [-0.25, -0.2) is 4.57 Å². The number of rotatable bonds is 6. The number of aliphatic hydroxyl groups is 4. The predicted molar refractivity (Wildman–Crippen MR) is 61.1 cm³/mol. The number of hydrogen-bond donors (Lipinski definition) is 6. The number of carbonyl (C=O) groups is 1. The van der Waals surface area contributed by atoms with Crippen LogP contribution in [-0.2, 0) is 18.6 Å². The maximum atomic E-state index is 11.4. The van der Waals surface area contributed by atoms with Gasteiger partial charge in [0.2, 0.25) is 0 Å². The van der Waals surface area contributed by atoms with Gasteiger partial charge < -0.3 is 34.9 Å². The van der Waals surface area contributed by atoms with Crippen LogP contribution in [0.3, 0.4) is 0 Å². The van der Waals surface area contributed by atoms with Crippen molar-refractivity contribution in [2.75, 3.05) is 6.61 Å². The molecule has 0 saturated carbocycles. The lowest BCUT2D eigenvalue weighted by atomic mass is 9.97. The first-order chi connectivity index (χ1) is 9.11. The lowest BCUT2D eigenvalue weighted by molar-refractivity contribution is -0.241. The molecule has 11 heteroatoms. The summed E-state index contributed by atoms with van der Waals surface area (Å²) in [5.74, 6) is -1.15. The minimum Gasteiger partial charge on any atom is -0.388 e. The number of hydrogen-bond acceptors (Lipinski definition) is 8. The molecule has 1 saturated heterocycles. The van der Waals surface area contributed by atoms with Crippen LogP contribution in [-0.4, -0.2) is 73.3 Å². The number of aliphatic hydroxyl groups excluding tert-OH is 4. The second-order valence-corrected chi connectivity index (χ2v) is 5.61. The fraction of sp³-hybridized carbons (Fsp3) is 0.889. The van der Waals surface area contributed by atoms with Gasteiger partial charge in [0, 0.05) is 0 Å². The van der Waals surface area contributed by atoms with Crippen molar-refractivity contribution in [3.63, 3.8) is 0 Å². The Hall–Kier alpha value is -0.420. The molecule has 1 aliphatic heterocycles. The van der Waals surface area contributed by atoms with Gasteiger partial charge in [0.05, 0.1) is 6.10 Å². The van der Waals surface area contributed by atoms with Crippen molar-refractivity contribution in [2.24, 2.45) is 0 Å². The third kappa shape index (κ3) is 5.17. The molecule has 0 aromatic heterocycles. The largest absolute Gasteiger partial charge is 0.470 e. The zero-order chi connectivity index (χ0) is 15.5. The third-order valence-corrected chi connectivity index (χ3v) is 3.27. The third-order valence-electron chi connectivity index (χ3n) is 2.80. The maximum Gasteiger partial charge on any atom is 0.470 e. The highest BCUT2D eigenvalue weighted by atomic mass is 31.2. The molecule has 0 spiro atoms. The van der Waals surface area contributed by atoms with Crippen LogP contribution in [0.1, 0.15) is 12.8 Å². The number of phosphoric acid groups is 1. The van der Waals surface area contributed by atoms with Crippen molar-refractivity contribution >= 4 is 13.6 Å². The smallest absolute Gasteiger partial charge is 0.388 e. The van der Waals surface area contributed by atoms with E-state index in [9.17, 15) is 29.8 Å². The quantitative estimate of drug-likeness (QED) is 0.282. The maximum absolute atomic E-state index is 11.4. The van der Waals surface area contributed by atoms with Crippen molar-refractivity contribution in [3.8, 4) is 0 Å². The number of Topliss-reactive ketones (excluding diaryl/α,β-unsaturated/α-hetero) is 1. The van der Waals surface area contributed by atoms with Gasteiger partial charge in [-0.3, -0.25) is 9.32 Å². The molecule has 0 aliphatic carbocycles. The Morgan fingerprint density at radius 1 is 1.30 bits per heavy atom. The lowest BCUT2D eigenvalue weighted by Gasteiger charge is -2.34. The molecule has 1 heterocycles. The molecular weight excluding hydrogens is 299 g/mol. The second-order valence-electron chi connectivity index (χ2n) is 4.38. The van der Waals surface area contributed by atoms with E-state index in [0.717, 1.165) is 0 Å². The number of carbonyl (C=O) groups excluding carboxylic acids is 1. The van der Waals surface area contributed by atoms with Gasteiger partial charge in [-0.1, -0.05) is 0 Å². The predicted octanol–water partition coefficient (Wildman–Crippen LogP) is -2.76. The first kappa shape index (κ1) is 17.6. The highest BCUT2D eigenvalue weighted by molar-refractivity contribution is 7.46. The van der Waals surface area contributed by atoms with Crippen molar-refractivity contribution in [1.82, 2.24) is 0 Å². The van der Waals surface area contributed by atoms with Crippen molar-refractivity contribution < 1.29 is 48.8 Å². The van der Waals surface area contributed by atoms with E-state index in [4.69, 9.17) is 14.5 Å². The molecule has 0 radical (unpaired) electrons. The Morgan fingerprint density at radius 3 is 2.40 bits per heavy atom. The summed E-state index contributed by atoms with van der Waals surface area (Å²) < 4.78 is 19.1. The monoisotopic (exact) mass is 316 g/mol. The van der Waals surface area contributed by atoms with Crippen molar-refractivity contribution in [1.29, 1.82) is 0 Å². The van der Waals surface area contributed by atoms with Crippen LogP contribution in [0.15, 0.2) is 0 Å². The Kier molecular flexibility index (Phi) is 6.20. The van der Waals surface area contributed by atoms with Crippen LogP contribution in [0.5, 0.6) is 0 Å². The number of ketones is 1. The van der Waals surface area contributed by atoms with E-state index in [-0.39, 0.29) is 12.8 Å². The van der Waals surface area contributed by atoms with E-state index < -0.39 is 50.9 Å². The van der Waals surface area contributed by atoms with Crippen LogP contribution in [0.2, 0.25) is 0 Å². The summed E-state index contributed by atoms with van der Waals surface area (Å²) in [6, 6.07) is 0. The van der Waals surface area contributed by atoms with Crippen LogP contribution >= 0.6 is 7.82 Å². The first-order valence-corrected chi connectivity index (χ1v) is 7.25. The fourth-order valence-electron chi connectivity index (χ4n) is 1.69. The molecule has 0 aromatic rings. The molecule has 10 nitrogen and oxygen atoms in total. The number of phosphoric ester groups is 1. The van der Waals surface area contributed by atoms with E-state index in [1.54, 1.807) is 0 Å². The van der Waals surface area contributed by atoms with Crippen molar-refractivity contribution in [3.05, 3.63) is 0 Å². The molecule has 1 unspecified atom stereocenters. The molecule has 0 amide bonds. The molecule has 5 atom stereocenters. The van der Waals surface area contributed by atoms with E-state index in [1.807, 2.05) is 0 Å². The van der Waals surface area contributed by atoms with Gasteiger partial charge in [0.1, 0.15) is 24.9 Å². The van der Waals surface area contributed by atoms with Gasteiger partial charge in [0.15, 0.2) is 12.1 Å². The van der Waals surface area contributed by atoms with Crippen LogP contribution < -0.4 is 0 Å². The zero-order valence-electron chi connectivity index (χ0n) is 10.3. The van der Waals surface area contributed by atoms with E-state index in [1.165, 1.54) is 0 Å². The highest BCUT2D eigenvalue weighted by Crippen LogP contribution is 2.35. The summed E-state index contributed by atoms with van der Waals surface area (Å²) in [6.45, 7) is -1.08. The fourth-order valence-corrected chi connectivity index (χ4v) is 1.99. The SMILES string of the molecule is O=C(COP(=O)(O)O)[C@@H](O)[C@H](O)[C@H]1CC[C@@H](O)C(O)O1. The molecule has 1 rings (SSSR count). The van der Waals surface area contributed by atoms with Gasteiger partial charge in [-0.05, 0) is 12.8 Å². The van der Waals surface area contributed by atoms with Crippen LogP contribution in [0.4, 0.5) is 0 Å². The Labute approximate surface area is 113 Å². The first-order valence-electron chi connectivity index (χ1n) is 5.72. The topological polar surface area (TPSA) is 174 Å². The lowest BCUT2D eigenvalue weighted by Crippen LogP contribution is -2.50. The average molecular weight is 316 g/mol. The van der Waals surface area contributed by atoms with E-state index >= 15 is 0 Å². The molecular formula is C9H17O10P. The van der Waals surface area contributed by atoms with Gasteiger partial charge >= 0.3 is 7.82 Å². The average Bonchev–Trinajstić information content (AvgIpc) is 2.36. The molecule has 20 heavy (non-hydrogen) atoms. The molecule has 1 aliphatic rings. The highest BCUT2D eigenvalue weighted by Gasteiger charge is 2.38. The van der Waals surface area contributed by atoms with Crippen molar-refractivity contribution in [2.45, 2.75) is 43.5 Å². The molecule has 118 valence electrons. The van der Waals surface area contributed by atoms with E-state index in [2.05, 4.69) is 4.52 Å². The normalized spacial score (nSPS) is 30.8. The second kappa shape index (κ2) is 7.03. The molecule has 0 bridgehead atoms.